The average Bonchev–Trinajstić information content (AvgIpc) is 2.88. The molecule has 0 unspecified atom stereocenters. The Morgan fingerprint density at radius 3 is 2.20 bits per heavy atom. The van der Waals surface area contributed by atoms with Crippen LogP contribution in [0.5, 0.6) is 0 Å². The van der Waals surface area contributed by atoms with Crippen LogP contribution in [-0.2, 0) is 0 Å². The first-order valence-corrected chi connectivity index (χ1v) is 8.60. The van der Waals surface area contributed by atoms with E-state index in [2.05, 4.69) is 46.5 Å². The first kappa shape index (κ1) is 17.3. The minimum Gasteiger partial charge on any atom is -0.378 e. The molecule has 0 radical (unpaired) electrons. The van der Waals surface area contributed by atoms with Gasteiger partial charge in [0.15, 0.2) is 0 Å². The molecule has 0 saturated heterocycles. The third-order valence-electron chi connectivity index (χ3n) is 4.27. The standard InChI is InChI=1S/C21H22ClN3/c1-15-13-17(14-23-19-7-11-20(12-8-19)24(3)4)16(2)25(15)21-9-5-18(22)6-10-21/h5-14H,1-4H3. The molecule has 0 amide bonds. The van der Waals surface area contributed by atoms with Gasteiger partial charge in [-0.25, -0.2) is 0 Å². The summed E-state index contributed by atoms with van der Waals surface area (Å²) in [6, 6.07) is 18.3. The maximum absolute atomic E-state index is 6.00. The number of aryl methyl sites for hydroxylation is 1. The van der Waals surface area contributed by atoms with Gasteiger partial charge in [-0.15, -0.1) is 0 Å². The van der Waals surface area contributed by atoms with Gasteiger partial charge in [-0.1, -0.05) is 11.6 Å². The zero-order chi connectivity index (χ0) is 18.0. The van der Waals surface area contributed by atoms with Gasteiger partial charge < -0.3 is 9.47 Å². The molecule has 0 saturated carbocycles. The molecule has 0 spiro atoms. The largest absolute Gasteiger partial charge is 0.378 e. The second kappa shape index (κ2) is 7.16. The van der Waals surface area contributed by atoms with Crippen LogP contribution >= 0.6 is 11.6 Å². The highest BCUT2D eigenvalue weighted by molar-refractivity contribution is 6.30. The third-order valence-corrected chi connectivity index (χ3v) is 4.53. The number of hydrogen-bond donors (Lipinski definition) is 0. The molecule has 3 nitrogen and oxygen atoms in total. The number of nitrogens with zero attached hydrogens (tertiary/aromatic N) is 3. The van der Waals surface area contributed by atoms with Gasteiger partial charge in [0.2, 0.25) is 0 Å². The fraction of sp³-hybridized carbons (Fsp3) is 0.190. The lowest BCUT2D eigenvalue weighted by atomic mass is 10.2. The quantitative estimate of drug-likeness (QED) is 0.563. The molecule has 25 heavy (non-hydrogen) atoms. The van der Waals surface area contributed by atoms with Crippen molar-refractivity contribution in [1.29, 1.82) is 0 Å². The molecule has 0 fully saturated rings. The predicted molar refractivity (Wildman–Crippen MR) is 108 cm³/mol. The van der Waals surface area contributed by atoms with Crippen LogP contribution in [0.15, 0.2) is 59.6 Å². The van der Waals surface area contributed by atoms with E-state index in [-0.39, 0.29) is 0 Å². The molecular formula is C21H22ClN3. The van der Waals surface area contributed by atoms with E-state index in [1.54, 1.807) is 0 Å². The second-order valence-corrected chi connectivity index (χ2v) is 6.74. The van der Waals surface area contributed by atoms with Crippen molar-refractivity contribution in [2.45, 2.75) is 13.8 Å². The van der Waals surface area contributed by atoms with Gasteiger partial charge in [0.05, 0.1) is 5.69 Å². The average molecular weight is 352 g/mol. The molecule has 0 bridgehead atoms. The normalized spacial score (nSPS) is 11.2. The molecule has 0 aliphatic carbocycles. The second-order valence-electron chi connectivity index (χ2n) is 6.31. The van der Waals surface area contributed by atoms with Crippen molar-refractivity contribution in [3.05, 3.63) is 76.6 Å². The number of halogens is 1. The summed E-state index contributed by atoms with van der Waals surface area (Å²) < 4.78 is 2.22. The van der Waals surface area contributed by atoms with Crippen LogP contribution in [0.2, 0.25) is 5.02 Å². The maximum atomic E-state index is 6.00. The van der Waals surface area contributed by atoms with Crippen LogP contribution < -0.4 is 4.90 Å². The number of hydrogen-bond acceptors (Lipinski definition) is 2. The van der Waals surface area contributed by atoms with Crippen molar-refractivity contribution in [3.63, 3.8) is 0 Å². The summed E-state index contributed by atoms with van der Waals surface area (Å²) in [5, 5.41) is 0.745. The smallest absolute Gasteiger partial charge is 0.0631 e. The first-order valence-electron chi connectivity index (χ1n) is 8.22. The molecule has 0 atom stereocenters. The fourth-order valence-corrected chi connectivity index (χ4v) is 3.01. The summed E-state index contributed by atoms with van der Waals surface area (Å²) in [4.78, 5) is 6.70. The van der Waals surface area contributed by atoms with E-state index in [1.807, 2.05) is 56.7 Å². The van der Waals surface area contributed by atoms with E-state index in [9.17, 15) is 0 Å². The summed E-state index contributed by atoms with van der Waals surface area (Å²) in [5.74, 6) is 0. The van der Waals surface area contributed by atoms with Crippen molar-refractivity contribution in [2.75, 3.05) is 19.0 Å². The molecule has 3 rings (SSSR count). The Labute approximate surface area is 154 Å². The Morgan fingerprint density at radius 1 is 0.960 bits per heavy atom. The van der Waals surface area contributed by atoms with E-state index in [1.165, 1.54) is 11.4 Å². The van der Waals surface area contributed by atoms with Crippen LogP contribution in [0.4, 0.5) is 11.4 Å². The first-order chi connectivity index (χ1) is 12.0. The molecule has 0 aliphatic heterocycles. The Balaban J connectivity index is 1.88. The lowest BCUT2D eigenvalue weighted by molar-refractivity contribution is 0.965. The van der Waals surface area contributed by atoms with E-state index in [4.69, 9.17) is 11.6 Å². The monoisotopic (exact) mass is 351 g/mol. The highest BCUT2D eigenvalue weighted by Crippen LogP contribution is 2.23. The van der Waals surface area contributed by atoms with Crippen LogP contribution in [0.3, 0.4) is 0 Å². The molecule has 4 heteroatoms. The van der Waals surface area contributed by atoms with Crippen molar-refractivity contribution in [3.8, 4) is 5.69 Å². The van der Waals surface area contributed by atoms with E-state index < -0.39 is 0 Å². The van der Waals surface area contributed by atoms with Crippen molar-refractivity contribution in [1.82, 2.24) is 4.57 Å². The van der Waals surface area contributed by atoms with Gasteiger partial charge in [0.25, 0.3) is 0 Å². The molecular weight excluding hydrogens is 330 g/mol. The van der Waals surface area contributed by atoms with Crippen molar-refractivity contribution >= 4 is 29.2 Å². The zero-order valence-corrected chi connectivity index (χ0v) is 15.7. The highest BCUT2D eigenvalue weighted by atomic mass is 35.5. The van der Waals surface area contributed by atoms with Gasteiger partial charge in [-0.3, -0.25) is 4.99 Å². The molecule has 128 valence electrons. The van der Waals surface area contributed by atoms with E-state index in [0.29, 0.717) is 0 Å². The summed E-state index contributed by atoms with van der Waals surface area (Å²) in [7, 11) is 4.06. The third kappa shape index (κ3) is 3.77. The number of rotatable bonds is 4. The lowest BCUT2D eigenvalue weighted by Gasteiger charge is -2.11. The molecule has 3 aromatic rings. The highest BCUT2D eigenvalue weighted by Gasteiger charge is 2.09. The van der Waals surface area contributed by atoms with Crippen molar-refractivity contribution in [2.24, 2.45) is 4.99 Å². The van der Waals surface area contributed by atoms with Crippen LogP contribution in [0.25, 0.3) is 5.69 Å². The fourth-order valence-electron chi connectivity index (χ4n) is 2.89. The van der Waals surface area contributed by atoms with Crippen LogP contribution in [0.1, 0.15) is 17.0 Å². The number of benzene rings is 2. The molecule has 2 aromatic carbocycles. The van der Waals surface area contributed by atoms with Gasteiger partial charge in [-0.2, -0.15) is 0 Å². The molecule has 1 heterocycles. The minimum atomic E-state index is 0.745. The summed E-state index contributed by atoms with van der Waals surface area (Å²) in [6.07, 6.45) is 1.93. The summed E-state index contributed by atoms with van der Waals surface area (Å²) in [5.41, 5.74) is 6.66. The van der Waals surface area contributed by atoms with Gasteiger partial charge >= 0.3 is 0 Å². The molecule has 0 N–H and O–H groups in total. The van der Waals surface area contributed by atoms with Crippen LogP contribution in [-0.4, -0.2) is 24.9 Å². The number of anilines is 1. The Morgan fingerprint density at radius 2 is 1.60 bits per heavy atom. The Hall–Kier alpha value is -2.52. The van der Waals surface area contributed by atoms with Gasteiger partial charge in [-0.05, 0) is 68.4 Å². The zero-order valence-electron chi connectivity index (χ0n) is 15.0. The SMILES string of the molecule is Cc1cc(C=Nc2ccc(N(C)C)cc2)c(C)n1-c1ccc(Cl)cc1. The van der Waals surface area contributed by atoms with E-state index in [0.717, 1.165) is 27.7 Å². The van der Waals surface area contributed by atoms with E-state index >= 15 is 0 Å². The summed E-state index contributed by atoms with van der Waals surface area (Å²) >= 11 is 6.00. The molecule has 1 aromatic heterocycles. The number of aromatic nitrogens is 1. The maximum Gasteiger partial charge on any atom is 0.0631 e. The Bertz CT molecular complexity index is 888. The van der Waals surface area contributed by atoms with Gasteiger partial charge in [0.1, 0.15) is 0 Å². The molecule has 0 aliphatic rings. The van der Waals surface area contributed by atoms with Crippen molar-refractivity contribution < 1.29 is 0 Å². The predicted octanol–water partition coefficient (Wildman–Crippen LogP) is 5.56. The van der Waals surface area contributed by atoms with Crippen LogP contribution in [0, 0.1) is 13.8 Å². The Kier molecular flexibility index (Phi) is 4.95. The minimum absolute atomic E-state index is 0.745. The number of aliphatic imine (C=N–C) groups is 1. The topological polar surface area (TPSA) is 20.5 Å². The lowest BCUT2D eigenvalue weighted by Crippen LogP contribution is -2.07. The summed E-state index contributed by atoms with van der Waals surface area (Å²) in [6.45, 7) is 4.21. The van der Waals surface area contributed by atoms with Gasteiger partial charge in [0, 0.05) is 53.7 Å².